The number of amides is 2. The van der Waals surface area contributed by atoms with Crippen molar-refractivity contribution in [3.8, 4) is 6.07 Å². The lowest BCUT2D eigenvalue weighted by Crippen LogP contribution is -2.43. The molecule has 1 saturated heterocycles. The van der Waals surface area contributed by atoms with Gasteiger partial charge < -0.3 is 10.6 Å². The van der Waals surface area contributed by atoms with Gasteiger partial charge in [-0.15, -0.1) is 0 Å². The van der Waals surface area contributed by atoms with Crippen LogP contribution < -0.4 is 10.6 Å². The van der Waals surface area contributed by atoms with Gasteiger partial charge in [-0.1, -0.05) is 35.3 Å². The van der Waals surface area contributed by atoms with Crippen LogP contribution in [0.25, 0.3) is 0 Å². The number of nitrogens with one attached hydrogen (secondary N) is 2. The summed E-state index contributed by atoms with van der Waals surface area (Å²) in [4.78, 5) is 26.9. The predicted octanol–water partition coefficient (Wildman–Crippen LogP) is 3.91. The van der Waals surface area contributed by atoms with Gasteiger partial charge in [0.15, 0.2) is 0 Å². The summed E-state index contributed by atoms with van der Waals surface area (Å²) >= 11 is 12.0. The Balaban J connectivity index is 1.63. The summed E-state index contributed by atoms with van der Waals surface area (Å²) < 4.78 is 0. The molecule has 3 rings (SSSR count). The van der Waals surface area contributed by atoms with Crippen molar-refractivity contribution in [1.82, 2.24) is 4.90 Å². The molecule has 0 unspecified atom stereocenters. The van der Waals surface area contributed by atoms with Gasteiger partial charge in [0.1, 0.15) is 6.07 Å². The average molecular weight is 417 g/mol. The number of hydrogen-bond acceptors (Lipinski definition) is 4. The third-order valence-corrected chi connectivity index (χ3v) is 5.07. The van der Waals surface area contributed by atoms with Crippen molar-refractivity contribution in [2.24, 2.45) is 0 Å². The van der Waals surface area contributed by atoms with Crippen LogP contribution in [-0.4, -0.2) is 35.8 Å². The average Bonchev–Trinajstić information content (AvgIpc) is 3.12. The van der Waals surface area contributed by atoms with E-state index in [1.165, 1.54) is 0 Å². The van der Waals surface area contributed by atoms with E-state index in [1.54, 1.807) is 42.5 Å². The number of nitrogens with zero attached hydrogens (tertiary/aromatic N) is 2. The number of para-hydroxylation sites is 1. The van der Waals surface area contributed by atoms with Gasteiger partial charge in [-0.25, -0.2) is 0 Å². The molecule has 1 heterocycles. The molecule has 1 fully saturated rings. The van der Waals surface area contributed by atoms with Gasteiger partial charge in [0.2, 0.25) is 11.8 Å². The van der Waals surface area contributed by atoms with Crippen molar-refractivity contribution in [2.75, 3.05) is 23.7 Å². The zero-order valence-corrected chi connectivity index (χ0v) is 16.4. The molecule has 2 N–H and O–H groups in total. The molecule has 1 aliphatic heterocycles. The SMILES string of the molecule is N#Cc1ccccc1NC(=O)CN1CCC[C@H]1C(=O)Nc1ccc(Cl)cc1Cl. The van der Waals surface area contributed by atoms with E-state index in [0.29, 0.717) is 39.9 Å². The fraction of sp³-hybridized carbons (Fsp3) is 0.250. The molecule has 0 bridgehead atoms. The van der Waals surface area contributed by atoms with Gasteiger partial charge in [0, 0.05) is 5.02 Å². The van der Waals surface area contributed by atoms with Crippen molar-refractivity contribution in [1.29, 1.82) is 5.26 Å². The molecule has 0 spiro atoms. The summed E-state index contributed by atoms with van der Waals surface area (Å²) in [6.45, 7) is 0.700. The zero-order chi connectivity index (χ0) is 20.1. The number of hydrogen-bond donors (Lipinski definition) is 2. The van der Waals surface area contributed by atoms with Gasteiger partial charge >= 0.3 is 0 Å². The smallest absolute Gasteiger partial charge is 0.241 e. The van der Waals surface area contributed by atoms with E-state index < -0.39 is 6.04 Å². The van der Waals surface area contributed by atoms with Crippen molar-refractivity contribution in [3.63, 3.8) is 0 Å². The Bertz CT molecular complexity index is 942. The number of anilines is 2. The van der Waals surface area contributed by atoms with Crippen molar-refractivity contribution < 1.29 is 9.59 Å². The van der Waals surface area contributed by atoms with Crippen LogP contribution in [0.15, 0.2) is 42.5 Å². The Labute approximate surface area is 173 Å². The lowest BCUT2D eigenvalue weighted by Gasteiger charge is -2.23. The first-order valence-electron chi connectivity index (χ1n) is 8.77. The standard InChI is InChI=1S/C20H18Cl2N4O2/c21-14-7-8-17(15(22)10-14)25-20(28)18-6-3-9-26(18)12-19(27)24-16-5-2-1-4-13(16)11-23/h1-2,4-5,7-8,10,18H,3,6,9,12H2,(H,24,27)(H,25,28)/t18-/m0/s1. The van der Waals surface area contributed by atoms with Crippen LogP contribution in [0.4, 0.5) is 11.4 Å². The lowest BCUT2D eigenvalue weighted by atomic mass is 10.2. The number of benzene rings is 2. The second-order valence-electron chi connectivity index (χ2n) is 6.45. The fourth-order valence-corrected chi connectivity index (χ4v) is 3.64. The summed E-state index contributed by atoms with van der Waals surface area (Å²) in [7, 11) is 0. The lowest BCUT2D eigenvalue weighted by molar-refractivity contribution is -0.122. The van der Waals surface area contributed by atoms with E-state index in [-0.39, 0.29) is 18.4 Å². The molecular weight excluding hydrogens is 399 g/mol. The van der Waals surface area contributed by atoms with Crippen molar-refractivity contribution in [2.45, 2.75) is 18.9 Å². The van der Waals surface area contributed by atoms with Gasteiger partial charge in [0.05, 0.1) is 34.5 Å². The summed E-state index contributed by atoms with van der Waals surface area (Å²) in [5, 5.41) is 15.5. The molecule has 1 atom stereocenters. The fourth-order valence-electron chi connectivity index (χ4n) is 3.18. The Morgan fingerprint density at radius 1 is 1.14 bits per heavy atom. The summed E-state index contributed by atoms with van der Waals surface area (Å²) in [5.41, 5.74) is 1.34. The quantitative estimate of drug-likeness (QED) is 0.773. The Morgan fingerprint density at radius 2 is 1.93 bits per heavy atom. The predicted molar refractivity (Wildman–Crippen MR) is 109 cm³/mol. The third-order valence-electron chi connectivity index (χ3n) is 4.52. The van der Waals surface area contributed by atoms with Crippen molar-refractivity contribution in [3.05, 3.63) is 58.1 Å². The maximum absolute atomic E-state index is 12.7. The Morgan fingerprint density at radius 3 is 2.68 bits per heavy atom. The van der Waals surface area contributed by atoms with E-state index in [4.69, 9.17) is 28.5 Å². The summed E-state index contributed by atoms with van der Waals surface area (Å²) in [5.74, 6) is -0.487. The second-order valence-corrected chi connectivity index (χ2v) is 7.29. The molecule has 1 aliphatic rings. The number of likely N-dealkylation sites (tertiary alicyclic amines) is 1. The molecule has 2 aromatic carbocycles. The van der Waals surface area contributed by atoms with E-state index in [1.807, 2.05) is 11.0 Å². The third kappa shape index (κ3) is 4.82. The molecule has 8 heteroatoms. The minimum absolute atomic E-state index is 0.0617. The van der Waals surface area contributed by atoms with Crippen LogP contribution in [0.5, 0.6) is 0 Å². The number of halogens is 2. The van der Waals surface area contributed by atoms with Crippen LogP contribution in [0.2, 0.25) is 10.0 Å². The summed E-state index contributed by atoms with van der Waals surface area (Å²) in [6.07, 6.45) is 1.47. The van der Waals surface area contributed by atoms with Gasteiger partial charge in [-0.3, -0.25) is 14.5 Å². The highest BCUT2D eigenvalue weighted by Crippen LogP contribution is 2.27. The molecule has 0 aliphatic carbocycles. The molecule has 6 nitrogen and oxygen atoms in total. The van der Waals surface area contributed by atoms with E-state index >= 15 is 0 Å². The van der Waals surface area contributed by atoms with Crippen LogP contribution in [-0.2, 0) is 9.59 Å². The number of nitriles is 1. The highest BCUT2D eigenvalue weighted by Gasteiger charge is 2.32. The van der Waals surface area contributed by atoms with E-state index in [2.05, 4.69) is 10.6 Å². The highest BCUT2D eigenvalue weighted by atomic mass is 35.5. The molecule has 2 amide bonds. The Kier molecular flexibility index (Phi) is 6.53. The highest BCUT2D eigenvalue weighted by molar-refractivity contribution is 6.36. The number of carbonyl (C=O) groups is 2. The monoisotopic (exact) mass is 416 g/mol. The first kappa shape index (κ1) is 20.2. The van der Waals surface area contributed by atoms with Gasteiger partial charge in [0.25, 0.3) is 0 Å². The van der Waals surface area contributed by atoms with Crippen LogP contribution >= 0.6 is 23.2 Å². The van der Waals surface area contributed by atoms with Gasteiger partial charge in [-0.05, 0) is 49.7 Å². The molecule has 0 aromatic heterocycles. The maximum Gasteiger partial charge on any atom is 0.241 e. The van der Waals surface area contributed by atoms with Gasteiger partial charge in [-0.2, -0.15) is 5.26 Å². The normalized spacial score (nSPS) is 16.4. The first-order valence-corrected chi connectivity index (χ1v) is 9.52. The maximum atomic E-state index is 12.7. The molecule has 2 aromatic rings. The largest absolute Gasteiger partial charge is 0.324 e. The van der Waals surface area contributed by atoms with E-state index in [9.17, 15) is 9.59 Å². The minimum Gasteiger partial charge on any atom is -0.324 e. The first-order chi connectivity index (χ1) is 13.5. The molecular formula is C20H18Cl2N4O2. The summed E-state index contributed by atoms with van der Waals surface area (Å²) in [6, 6.07) is 13.3. The number of rotatable bonds is 5. The topological polar surface area (TPSA) is 85.2 Å². The van der Waals surface area contributed by atoms with Crippen LogP contribution in [0.1, 0.15) is 18.4 Å². The van der Waals surface area contributed by atoms with Crippen LogP contribution in [0.3, 0.4) is 0 Å². The second kappa shape index (κ2) is 9.07. The van der Waals surface area contributed by atoms with Crippen molar-refractivity contribution >= 4 is 46.4 Å². The molecule has 0 radical (unpaired) electrons. The minimum atomic E-state index is -0.427. The Hall–Kier alpha value is -2.59. The van der Waals surface area contributed by atoms with Crippen LogP contribution in [0, 0.1) is 11.3 Å². The molecule has 28 heavy (non-hydrogen) atoms. The molecule has 144 valence electrons. The molecule has 0 saturated carbocycles. The zero-order valence-electron chi connectivity index (χ0n) is 14.9. The number of carbonyl (C=O) groups excluding carboxylic acids is 2. The van der Waals surface area contributed by atoms with E-state index in [0.717, 1.165) is 6.42 Å².